The Morgan fingerprint density at radius 2 is 1.97 bits per heavy atom. The van der Waals surface area contributed by atoms with Gasteiger partial charge in [-0.3, -0.25) is 19.8 Å². The van der Waals surface area contributed by atoms with Crippen molar-refractivity contribution in [3.63, 3.8) is 0 Å². The van der Waals surface area contributed by atoms with Crippen LogP contribution in [-0.2, 0) is 9.59 Å². The van der Waals surface area contributed by atoms with Crippen molar-refractivity contribution in [2.75, 3.05) is 45.9 Å². The zero-order chi connectivity index (χ0) is 24.8. The van der Waals surface area contributed by atoms with E-state index in [4.69, 9.17) is 0 Å². The molecule has 2 amide bonds. The fraction of sp³-hybridized carbons (Fsp3) is 0.704. The molecule has 3 aliphatic rings. The molecule has 1 aromatic rings. The van der Waals surface area contributed by atoms with E-state index in [9.17, 15) is 14.7 Å². The number of β-amino-alcohol motifs (C(OH)–C–C–N with tert-alkyl or cyclic N) is 1. The van der Waals surface area contributed by atoms with Gasteiger partial charge in [-0.25, -0.2) is 0 Å². The van der Waals surface area contributed by atoms with Crippen molar-refractivity contribution < 1.29 is 14.7 Å². The van der Waals surface area contributed by atoms with Gasteiger partial charge in [-0.2, -0.15) is 0 Å². The first-order valence-electron chi connectivity index (χ1n) is 13.4. The number of nitrogens with one attached hydrogen (secondary N) is 2. The highest BCUT2D eigenvalue weighted by Gasteiger charge is 2.38. The summed E-state index contributed by atoms with van der Waals surface area (Å²) in [4.78, 5) is 31.7. The summed E-state index contributed by atoms with van der Waals surface area (Å²) in [7, 11) is 0. The van der Waals surface area contributed by atoms with E-state index in [-0.39, 0.29) is 23.9 Å². The van der Waals surface area contributed by atoms with Gasteiger partial charge in [0.1, 0.15) is 0 Å². The van der Waals surface area contributed by atoms with Gasteiger partial charge in [0.2, 0.25) is 11.8 Å². The number of carbonyl (C=O) groups is 2. The van der Waals surface area contributed by atoms with Crippen LogP contribution in [0.2, 0.25) is 0 Å². The number of hydrogen-bond acceptors (Lipinski definition) is 6. The van der Waals surface area contributed by atoms with Crippen LogP contribution in [0.5, 0.6) is 0 Å². The Bertz CT molecular complexity index is 842. The van der Waals surface area contributed by atoms with Crippen molar-refractivity contribution in [2.24, 2.45) is 0 Å². The molecule has 3 saturated heterocycles. The summed E-state index contributed by atoms with van der Waals surface area (Å²) in [5.41, 5.74) is 0.231. The van der Waals surface area contributed by atoms with E-state index < -0.39 is 5.60 Å². The summed E-state index contributed by atoms with van der Waals surface area (Å²) in [6.07, 6.45) is 4.40. The lowest BCUT2D eigenvalue weighted by Gasteiger charge is -2.43. The minimum absolute atomic E-state index is 0.0163. The quantitative estimate of drug-likeness (QED) is 0.494. The summed E-state index contributed by atoms with van der Waals surface area (Å²) < 4.78 is 0. The van der Waals surface area contributed by atoms with Gasteiger partial charge < -0.3 is 20.2 Å². The van der Waals surface area contributed by atoms with Gasteiger partial charge in [-0.05, 0) is 50.6 Å². The maximum atomic E-state index is 12.8. The fourth-order valence-corrected chi connectivity index (χ4v) is 5.66. The molecule has 3 aliphatic heterocycles. The van der Waals surface area contributed by atoms with Crippen molar-refractivity contribution in [1.29, 1.82) is 0 Å². The van der Waals surface area contributed by atoms with Crippen LogP contribution in [-0.4, -0.2) is 95.4 Å². The molecule has 1 aromatic carbocycles. The smallest absolute Gasteiger partial charge is 0.226 e. The Morgan fingerprint density at radius 1 is 1.23 bits per heavy atom. The van der Waals surface area contributed by atoms with Crippen LogP contribution in [0.3, 0.4) is 0 Å². The fourth-order valence-electron chi connectivity index (χ4n) is 5.66. The third-order valence-corrected chi connectivity index (χ3v) is 8.12. The van der Waals surface area contributed by atoms with E-state index in [2.05, 4.69) is 41.5 Å². The van der Waals surface area contributed by atoms with Gasteiger partial charge in [0.15, 0.2) is 0 Å². The van der Waals surface area contributed by atoms with E-state index in [1.54, 1.807) is 4.90 Å². The van der Waals surface area contributed by atoms with Crippen LogP contribution < -0.4 is 10.6 Å². The van der Waals surface area contributed by atoms with Crippen LogP contribution >= 0.6 is 0 Å². The highest BCUT2D eigenvalue weighted by Crippen LogP contribution is 2.27. The number of aliphatic hydroxyl groups is 1. The average molecular weight is 486 g/mol. The van der Waals surface area contributed by atoms with Crippen LogP contribution in [0.4, 0.5) is 0 Å². The monoisotopic (exact) mass is 485 g/mol. The Morgan fingerprint density at radius 3 is 2.63 bits per heavy atom. The summed E-state index contributed by atoms with van der Waals surface area (Å²) in [5.74, 6) is 0.373. The second-order valence-corrected chi connectivity index (χ2v) is 10.8. The highest BCUT2D eigenvalue weighted by atomic mass is 16.3. The first kappa shape index (κ1) is 26.1. The summed E-state index contributed by atoms with van der Waals surface area (Å²) >= 11 is 0. The second kappa shape index (κ2) is 11.8. The molecule has 8 heteroatoms. The molecule has 3 fully saturated rings. The summed E-state index contributed by atoms with van der Waals surface area (Å²) in [5, 5.41) is 18.1. The third-order valence-electron chi connectivity index (χ3n) is 8.12. The number of amides is 2. The number of likely N-dealkylation sites (tertiary alicyclic amines) is 2. The number of piperidine rings is 1. The van der Waals surface area contributed by atoms with E-state index in [1.165, 1.54) is 24.9 Å². The zero-order valence-corrected chi connectivity index (χ0v) is 21.4. The first-order valence-corrected chi connectivity index (χ1v) is 13.4. The van der Waals surface area contributed by atoms with Crippen molar-refractivity contribution >= 4 is 11.8 Å². The SMILES string of the molecule is C[C@H](CC(=O)N1CCC(O)(CN2CNC(NCCN3CCC[C@@H]3C)CC2=O)CC1)c1ccccc1. The zero-order valence-electron chi connectivity index (χ0n) is 21.4. The molecule has 0 radical (unpaired) electrons. The van der Waals surface area contributed by atoms with Crippen LogP contribution in [0, 0.1) is 0 Å². The standard InChI is InChI=1S/C27H43N5O3/c1-21(23-8-4-3-5-9-23)17-25(33)31-14-10-27(35,11-15-31)19-32-20-29-24(18-26(32)34)28-12-16-30-13-6-7-22(30)2/h3-5,8-9,21-22,24,28-29,35H,6-7,10-20H2,1-2H3/t21-,22+,24?/m1/s1. The second-order valence-electron chi connectivity index (χ2n) is 10.8. The predicted molar refractivity (Wildman–Crippen MR) is 137 cm³/mol. The molecule has 0 saturated carbocycles. The van der Waals surface area contributed by atoms with Gasteiger partial charge in [0.05, 0.1) is 31.4 Å². The average Bonchev–Trinajstić information content (AvgIpc) is 3.26. The molecule has 0 spiro atoms. The number of hydrogen-bond donors (Lipinski definition) is 3. The molecule has 3 heterocycles. The van der Waals surface area contributed by atoms with E-state index >= 15 is 0 Å². The van der Waals surface area contributed by atoms with Crippen molar-refractivity contribution in [2.45, 2.75) is 76.1 Å². The van der Waals surface area contributed by atoms with Crippen LogP contribution in [0.15, 0.2) is 30.3 Å². The molecule has 194 valence electrons. The predicted octanol–water partition coefficient (Wildman–Crippen LogP) is 1.71. The van der Waals surface area contributed by atoms with Gasteiger partial charge >= 0.3 is 0 Å². The Hall–Kier alpha value is -2.00. The van der Waals surface area contributed by atoms with Crippen molar-refractivity contribution in [3.05, 3.63) is 35.9 Å². The van der Waals surface area contributed by atoms with Gasteiger partial charge in [0.25, 0.3) is 0 Å². The molecule has 1 unspecified atom stereocenters. The summed E-state index contributed by atoms with van der Waals surface area (Å²) in [6, 6.07) is 10.8. The lowest BCUT2D eigenvalue weighted by atomic mass is 9.89. The Labute approximate surface area is 210 Å². The lowest BCUT2D eigenvalue weighted by Crippen LogP contribution is -2.61. The maximum absolute atomic E-state index is 12.8. The topological polar surface area (TPSA) is 88.2 Å². The minimum Gasteiger partial charge on any atom is -0.388 e. The maximum Gasteiger partial charge on any atom is 0.226 e. The molecule has 8 nitrogen and oxygen atoms in total. The van der Waals surface area contributed by atoms with Crippen LogP contribution in [0.25, 0.3) is 0 Å². The Balaban J connectivity index is 1.17. The Kier molecular flexibility index (Phi) is 8.81. The normalized spacial score (nSPS) is 26.2. The largest absolute Gasteiger partial charge is 0.388 e. The van der Waals surface area contributed by atoms with E-state index in [1.807, 2.05) is 23.1 Å². The highest BCUT2D eigenvalue weighted by molar-refractivity contribution is 5.78. The van der Waals surface area contributed by atoms with Crippen molar-refractivity contribution in [1.82, 2.24) is 25.3 Å². The molecule has 3 N–H and O–H groups in total. The van der Waals surface area contributed by atoms with Crippen molar-refractivity contribution in [3.8, 4) is 0 Å². The number of benzene rings is 1. The lowest BCUT2D eigenvalue weighted by molar-refractivity contribution is -0.145. The molecule has 4 rings (SSSR count). The number of rotatable bonds is 9. The van der Waals surface area contributed by atoms with Gasteiger partial charge in [-0.15, -0.1) is 0 Å². The molecule has 0 bridgehead atoms. The summed E-state index contributed by atoms with van der Waals surface area (Å²) in [6.45, 7) is 9.23. The molecule has 0 aliphatic carbocycles. The number of nitrogens with zero attached hydrogens (tertiary/aromatic N) is 3. The molecule has 3 atom stereocenters. The molecule has 0 aromatic heterocycles. The first-order chi connectivity index (χ1) is 16.8. The number of carbonyl (C=O) groups excluding carboxylic acids is 2. The van der Waals surface area contributed by atoms with Gasteiger partial charge in [0, 0.05) is 38.6 Å². The third kappa shape index (κ3) is 7.03. The minimum atomic E-state index is -0.939. The van der Waals surface area contributed by atoms with Crippen LogP contribution in [0.1, 0.15) is 63.9 Å². The molecule has 35 heavy (non-hydrogen) atoms. The van der Waals surface area contributed by atoms with E-state index in [0.29, 0.717) is 58.0 Å². The van der Waals surface area contributed by atoms with E-state index in [0.717, 1.165) is 13.1 Å². The molecular formula is C27H43N5O3. The van der Waals surface area contributed by atoms with Gasteiger partial charge in [-0.1, -0.05) is 37.3 Å². The molecular weight excluding hydrogens is 442 g/mol.